The number of nitrogens with zero attached hydrogens (tertiary/aromatic N) is 1. The number of hydrogen-bond acceptors (Lipinski definition) is 4. The van der Waals surface area contributed by atoms with Crippen LogP contribution >= 0.6 is 0 Å². The predicted octanol–water partition coefficient (Wildman–Crippen LogP) is 2.26. The Hall–Kier alpha value is -3.06. The van der Waals surface area contributed by atoms with Gasteiger partial charge in [0.25, 0.3) is 0 Å². The first kappa shape index (κ1) is 23.6. The molecule has 0 unspecified atom stereocenters. The number of rotatable bonds is 5. The van der Waals surface area contributed by atoms with Crippen molar-refractivity contribution in [2.75, 3.05) is 0 Å². The van der Waals surface area contributed by atoms with Gasteiger partial charge in [0.1, 0.15) is 6.54 Å². The van der Waals surface area contributed by atoms with Crippen LogP contribution in [0.3, 0.4) is 0 Å². The van der Waals surface area contributed by atoms with Crippen LogP contribution in [0, 0.1) is 10.2 Å². The van der Waals surface area contributed by atoms with E-state index in [1.165, 1.54) is 33.6 Å². The first-order valence-corrected chi connectivity index (χ1v) is 11.5. The largest absolute Gasteiger partial charge is 0.213 e. The third-order valence-corrected chi connectivity index (χ3v) is 4.86. The van der Waals surface area contributed by atoms with Crippen LogP contribution in [0.15, 0.2) is 103 Å². The Morgan fingerprint density at radius 3 is 1.31 bits per heavy atom. The summed E-state index contributed by atoms with van der Waals surface area (Å²) in [6.07, 6.45) is 1.09. The molecule has 1 N–H and O–H groups in total. The van der Waals surface area contributed by atoms with Gasteiger partial charge in [0.2, 0.25) is 11.4 Å². The third kappa shape index (κ3) is 6.72. The third-order valence-electron chi connectivity index (χ3n) is 4.86. The van der Waals surface area contributed by atoms with Crippen LogP contribution in [0.1, 0.15) is 13.3 Å². The molecule has 0 saturated heterocycles. The zero-order valence-corrected chi connectivity index (χ0v) is 18.5. The molecule has 0 bridgehead atoms. The van der Waals surface area contributed by atoms with Crippen molar-refractivity contribution in [3.05, 3.63) is 103 Å². The summed E-state index contributed by atoms with van der Waals surface area (Å²) in [6.45, 7) is 3.23. The standard InChI is InChI=1S/C26H24N.ClHO4/c1-2-18-27-25(22-14-8-4-9-15-22)19-24(21-12-6-3-7-13-21)20-26(27)23-16-10-5-11-17-23;2-1(3,4)5/h3-17,19-20H,2,18H2,1H3;(H,2,3,4,5)/q+1;. The van der Waals surface area contributed by atoms with E-state index in [1.807, 2.05) is 0 Å². The second kappa shape index (κ2) is 11.0. The van der Waals surface area contributed by atoms with Gasteiger partial charge >= 0.3 is 0 Å². The zero-order valence-electron chi connectivity index (χ0n) is 17.7. The molecule has 0 atom stereocenters. The van der Waals surface area contributed by atoms with Crippen LogP contribution in [0.4, 0.5) is 0 Å². The van der Waals surface area contributed by atoms with E-state index >= 15 is 0 Å². The number of halogens is 1. The van der Waals surface area contributed by atoms with Crippen LogP contribution in [0.5, 0.6) is 0 Å². The summed E-state index contributed by atoms with van der Waals surface area (Å²) in [6, 6.07) is 36.7. The van der Waals surface area contributed by atoms with E-state index < -0.39 is 10.2 Å². The van der Waals surface area contributed by atoms with Crippen molar-refractivity contribution in [3.63, 3.8) is 0 Å². The Morgan fingerprint density at radius 2 is 0.969 bits per heavy atom. The molecule has 0 aliphatic heterocycles. The fraction of sp³-hybridized carbons (Fsp3) is 0.115. The molecular weight excluding hydrogens is 426 g/mol. The number of pyridine rings is 1. The van der Waals surface area contributed by atoms with Crippen molar-refractivity contribution >= 4 is 0 Å². The van der Waals surface area contributed by atoms with Gasteiger partial charge in [-0.25, -0.2) is 0 Å². The normalized spacial score (nSPS) is 10.9. The van der Waals surface area contributed by atoms with E-state index in [0.29, 0.717) is 0 Å². The molecule has 4 rings (SSSR count). The highest BCUT2D eigenvalue weighted by atomic mass is 35.7. The summed E-state index contributed by atoms with van der Waals surface area (Å²) < 4.78 is 35.2. The van der Waals surface area contributed by atoms with Gasteiger partial charge in [-0.1, -0.05) is 73.7 Å². The van der Waals surface area contributed by atoms with Crippen molar-refractivity contribution in [2.24, 2.45) is 0 Å². The molecule has 0 spiro atoms. The molecule has 164 valence electrons. The minimum atomic E-state index is -4.69. The highest BCUT2D eigenvalue weighted by molar-refractivity contribution is 5.73. The maximum Gasteiger partial charge on any atom is 0.213 e. The van der Waals surface area contributed by atoms with Crippen LogP contribution < -0.4 is 18.5 Å². The lowest BCUT2D eigenvalue weighted by Crippen LogP contribution is -2.58. The van der Waals surface area contributed by atoms with Crippen LogP contribution in [-0.4, -0.2) is 4.66 Å². The molecule has 4 aromatic rings. The van der Waals surface area contributed by atoms with E-state index in [-0.39, 0.29) is 0 Å². The molecule has 0 saturated carbocycles. The molecule has 0 radical (unpaired) electrons. The minimum Gasteiger partial charge on any atom is -0.191 e. The molecule has 0 amide bonds. The Morgan fingerprint density at radius 1 is 0.625 bits per heavy atom. The molecule has 0 fully saturated rings. The number of hydrogen-bond donors (Lipinski definition) is 1. The van der Waals surface area contributed by atoms with Crippen molar-refractivity contribution < 1.29 is 33.4 Å². The average Bonchev–Trinajstić information content (AvgIpc) is 2.80. The molecule has 0 aliphatic rings. The van der Waals surface area contributed by atoms with E-state index in [9.17, 15) is 0 Å². The summed E-state index contributed by atoms with van der Waals surface area (Å²) >= 11 is 0. The molecule has 1 aromatic heterocycles. The van der Waals surface area contributed by atoms with Crippen molar-refractivity contribution in [2.45, 2.75) is 19.9 Å². The highest BCUT2D eigenvalue weighted by Crippen LogP contribution is 2.29. The van der Waals surface area contributed by atoms with Crippen LogP contribution in [0.25, 0.3) is 33.6 Å². The Kier molecular flexibility index (Phi) is 8.11. The van der Waals surface area contributed by atoms with Gasteiger partial charge in [-0.3, -0.25) is 0 Å². The smallest absolute Gasteiger partial charge is 0.191 e. The van der Waals surface area contributed by atoms with Crippen molar-refractivity contribution in [3.8, 4) is 33.6 Å². The number of benzene rings is 3. The second-order valence-electron chi connectivity index (χ2n) is 7.16. The molecule has 6 heteroatoms. The maximum atomic E-state index is 8.60. The van der Waals surface area contributed by atoms with Gasteiger partial charge in [0.15, 0.2) is 0 Å². The van der Waals surface area contributed by atoms with E-state index in [2.05, 4.69) is 115 Å². The van der Waals surface area contributed by atoms with Crippen molar-refractivity contribution in [1.29, 1.82) is 0 Å². The Balaban J connectivity index is 0.000000523. The molecular formula is C26H25ClNO4+. The van der Waals surface area contributed by atoms with Gasteiger partial charge < -0.3 is 0 Å². The van der Waals surface area contributed by atoms with Crippen LogP contribution in [0.2, 0.25) is 0 Å². The highest BCUT2D eigenvalue weighted by Gasteiger charge is 2.21. The monoisotopic (exact) mass is 450 g/mol. The fourth-order valence-corrected chi connectivity index (χ4v) is 3.58. The van der Waals surface area contributed by atoms with Gasteiger partial charge in [-0.05, 0) is 35.4 Å². The summed E-state index contributed by atoms with van der Waals surface area (Å²) in [5, 5.41) is 0. The summed E-state index contributed by atoms with van der Waals surface area (Å²) in [7, 11) is -4.69. The first-order chi connectivity index (χ1) is 15.4. The van der Waals surface area contributed by atoms with E-state index in [1.54, 1.807) is 0 Å². The van der Waals surface area contributed by atoms with E-state index in [4.69, 9.17) is 18.6 Å². The van der Waals surface area contributed by atoms with Gasteiger partial charge in [-0.15, -0.1) is 0 Å². The van der Waals surface area contributed by atoms with Gasteiger partial charge in [0, 0.05) is 29.7 Å². The molecule has 3 aromatic carbocycles. The van der Waals surface area contributed by atoms with Gasteiger partial charge in [-0.2, -0.15) is 18.5 Å². The first-order valence-electron chi connectivity index (χ1n) is 10.2. The molecule has 0 aliphatic carbocycles. The topological polar surface area (TPSA) is 93.3 Å². The fourth-order valence-electron chi connectivity index (χ4n) is 3.58. The van der Waals surface area contributed by atoms with Crippen molar-refractivity contribution in [1.82, 2.24) is 0 Å². The lowest BCUT2D eigenvalue weighted by atomic mass is 9.99. The predicted molar refractivity (Wildman–Crippen MR) is 115 cm³/mol. The zero-order chi connectivity index (χ0) is 23.0. The van der Waals surface area contributed by atoms with Crippen LogP contribution in [-0.2, 0) is 6.54 Å². The quantitative estimate of drug-likeness (QED) is 0.472. The molecule has 5 nitrogen and oxygen atoms in total. The lowest BCUT2D eigenvalue weighted by molar-refractivity contribution is -1.92. The second-order valence-corrected chi connectivity index (χ2v) is 7.95. The SMILES string of the molecule is CCC[n+]1c(-c2ccccc2)cc(-c2ccccc2)cc1-c1ccccc1.[O-][Cl+3]([O-])([O-])O. The van der Waals surface area contributed by atoms with Gasteiger partial charge in [0.05, 0.1) is 14.9 Å². The lowest BCUT2D eigenvalue weighted by Gasteiger charge is -2.12. The minimum absolute atomic E-state index is 0.990. The molecule has 32 heavy (non-hydrogen) atoms. The summed E-state index contributed by atoms with van der Waals surface area (Å²) in [5.41, 5.74) is 7.52. The Labute approximate surface area is 190 Å². The summed E-state index contributed by atoms with van der Waals surface area (Å²) in [5.74, 6) is 0. The molecule has 1 heterocycles. The average molecular weight is 451 g/mol. The van der Waals surface area contributed by atoms with E-state index in [0.717, 1.165) is 13.0 Å². The maximum absolute atomic E-state index is 8.60. The number of aromatic nitrogens is 1. The Bertz CT molecular complexity index is 1050. The summed E-state index contributed by atoms with van der Waals surface area (Å²) in [4.78, 5) is 0.